The van der Waals surface area contributed by atoms with E-state index in [2.05, 4.69) is 34.5 Å². The zero-order chi connectivity index (χ0) is 17.6. The summed E-state index contributed by atoms with van der Waals surface area (Å²) in [4.78, 5) is 2.48. The lowest BCUT2D eigenvalue weighted by Crippen LogP contribution is -2.45. The molecule has 1 saturated heterocycles. The number of benzene rings is 2. The monoisotopic (exact) mass is 342 g/mol. The van der Waals surface area contributed by atoms with E-state index in [0.717, 1.165) is 43.2 Å². The number of methoxy groups -OCH3 is 3. The van der Waals surface area contributed by atoms with Crippen LogP contribution in [0.4, 0.5) is 0 Å². The first kappa shape index (κ1) is 17.6. The van der Waals surface area contributed by atoms with Crippen molar-refractivity contribution in [1.82, 2.24) is 10.2 Å². The zero-order valence-corrected chi connectivity index (χ0v) is 15.1. The molecule has 0 amide bonds. The molecule has 0 saturated carbocycles. The highest BCUT2D eigenvalue weighted by atomic mass is 16.5. The van der Waals surface area contributed by atoms with Crippen LogP contribution in [-0.2, 0) is 0 Å². The molecule has 3 rings (SSSR count). The third-order valence-corrected chi connectivity index (χ3v) is 4.66. The van der Waals surface area contributed by atoms with E-state index < -0.39 is 0 Å². The minimum absolute atomic E-state index is 0.109. The van der Waals surface area contributed by atoms with E-state index in [-0.39, 0.29) is 6.04 Å². The fourth-order valence-corrected chi connectivity index (χ4v) is 3.43. The van der Waals surface area contributed by atoms with Gasteiger partial charge in [-0.25, -0.2) is 0 Å². The molecule has 1 aliphatic heterocycles. The first-order chi connectivity index (χ1) is 12.3. The normalized spacial score (nSPS) is 16.3. The fourth-order valence-electron chi connectivity index (χ4n) is 3.43. The summed E-state index contributed by atoms with van der Waals surface area (Å²) in [5.74, 6) is 2.20. The van der Waals surface area contributed by atoms with E-state index in [0.29, 0.717) is 5.75 Å². The van der Waals surface area contributed by atoms with Gasteiger partial charge >= 0.3 is 0 Å². The Bertz CT molecular complexity index is 685. The molecule has 5 heteroatoms. The standard InChI is InChI=1S/C20H26N2O3/c1-23-17-14-19(25-3)18(24-2)13-16(17)20(15-7-5-4-6-8-15)22-11-9-21-10-12-22/h4-8,13-14,20-21H,9-12H2,1-3H3. The maximum Gasteiger partial charge on any atom is 0.164 e. The molecule has 2 aromatic carbocycles. The van der Waals surface area contributed by atoms with Crippen LogP contribution in [0.1, 0.15) is 17.2 Å². The maximum absolute atomic E-state index is 5.70. The number of hydrogen-bond donors (Lipinski definition) is 1. The number of ether oxygens (including phenoxy) is 3. The molecule has 1 unspecified atom stereocenters. The number of nitrogens with zero attached hydrogens (tertiary/aromatic N) is 1. The highest BCUT2D eigenvalue weighted by Crippen LogP contribution is 2.41. The van der Waals surface area contributed by atoms with Gasteiger partial charge in [-0.2, -0.15) is 0 Å². The van der Waals surface area contributed by atoms with Crippen molar-refractivity contribution in [2.45, 2.75) is 6.04 Å². The number of hydrogen-bond acceptors (Lipinski definition) is 5. The predicted octanol–water partition coefficient (Wildman–Crippen LogP) is 2.71. The molecule has 1 N–H and O–H groups in total. The molecule has 0 bridgehead atoms. The molecule has 0 spiro atoms. The van der Waals surface area contributed by atoms with E-state index in [4.69, 9.17) is 14.2 Å². The van der Waals surface area contributed by atoms with E-state index in [9.17, 15) is 0 Å². The van der Waals surface area contributed by atoms with Crippen LogP contribution in [0.5, 0.6) is 17.2 Å². The molecule has 25 heavy (non-hydrogen) atoms. The molecule has 1 heterocycles. The second-order valence-corrected chi connectivity index (χ2v) is 6.05. The van der Waals surface area contributed by atoms with Crippen molar-refractivity contribution in [3.8, 4) is 17.2 Å². The third-order valence-electron chi connectivity index (χ3n) is 4.66. The smallest absolute Gasteiger partial charge is 0.164 e. The van der Waals surface area contributed by atoms with E-state index in [1.165, 1.54) is 5.56 Å². The van der Waals surface area contributed by atoms with Crippen molar-refractivity contribution in [3.05, 3.63) is 53.6 Å². The number of piperazine rings is 1. The Morgan fingerprint density at radius 2 is 1.44 bits per heavy atom. The summed E-state index contributed by atoms with van der Waals surface area (Å²) in [7, 11) is 5.00. The Labute approximate surface area is 149 Å². The molecule has 1 atom stereocenters. The van der Waals surface area contributed by atoms with Crippen molar-refractivity contribution in [1.29, 1.82) is 0 Å². The summed E-state index contributed by atoms with van der Waals surface area (Å²) < 4.78 is 16.7. The quantitative estimate of drug-likeness (QED) is 0.874. The van der Waals surface area contributed by atoms with Gasteiger partial charge in [0, 0.05) is 37.8 Å². The molecule has 0 aliphatic carbocycles. The van der Waals surface area contributed by atoms with Crippen molar-refractivity contribution in [3.63, 3.8) is 0 Å². The van der Waals surface area contributed by atoms with E-state index in [1.807, 2.05) is 18.2 Å². The van der Waals surface area contributed by atoms with Gasteiger partial charge in [0.2, 0.25) is 0 Å². The minimum Gasteiger partial charge on any atom is -0.496 e. The van der Waals surface area contributed by atoms with E-state index in [1.54, 1.807) is 21.3 Å². The number of nitrogens with one attached hydrogen (secondary N) is 1. The predicted molar refractivity (Wildman–Crippen MR) is 98.8 cm³/mol. The van der Waals surface area contributed by atoms with Crippen molar-refractivity contribution < 1.29 is 14.2 Å². The Morgan fingerprint density at radius 1 is 0.840 bits per heavy atom. The molecule has 0 aromatic heterocycles. The Morgan fingerprint density at radius 3 is 2.04 bits per heavy atom. The lowest BCUT2D eigenvalue weighted by Gasteiger charge is -2.36. The SMILES string of the molecule is COc1cc(OC)c(C(c2ccccc2)N2CCNCC2)cc1OC. The van der Waals surface area contributed by atoms with Crippen LogP contribution in [0.3, 0.4) is 0 Å². The lowest BCUT2D eigenvalue weighted by molar-refractivity contribution is 0.195. The largest absolute Gasteiger partial charge is 0.496 e. The van der Waals surface area contributed by atoms with Gasteiger partial charge in [0.05, 0.1) is 27.4 Å². The first-order valence-corrected chi connectivity index (χ1v) is 8.58. The Hall–Kier alpha value is -2.24. The third kappa shape index (κ3) is 3.72. The van der Waals surface area contributed by atoms with Crippen LogP contribution in [0.2, 0.25) is 0 Å². The van der Waals surface area contributed by atoms with Gasteiger partial charge in [-0.15, -0.1) is 0 Å². The highest BCUT2D eigenvalue weighted by Gasteiger charge is 2.28. The summed E-state index contributed by atoms with van der Waals surface area (Å²) in [6.07, 6.45) is 0. The lowest BCUT2D eigenvalue weighted by atomic mass is 9.95. The molecule has 5 nitrogen and oxygen atoms in total. The molecule has 1 aliphatic rings. The average molecular weight is 342 g/mol. The molecule has 0 radical (unpaired) electrons. The molecular weight excluding hydrogens is 316 g/mol. The maximum atomic E-state index is 5.70. The van der Waals surface area contributed by atoms with Gasteiger partial charge in [0.15, 0.2) is 11.5 Å². The Kier molecular flexibility index (Phi) is 5.79. The second-order valence-electron chi connectivity index (χ2n) is 6.05. The average Bonchev–Trinajstić information content (AvgIpc) is 2.69. The van der Waals surface area contributed by atoms with Gasteiger partial charge in [-0.1, -0.05) is 30.3 Å². The van der Waals surface area contributed by atoms with Crippen molar-refractivity contribution >= 4 is 0 Å². The second kappa shape index (κ2) is 8.23. The summed E-state index contributed by atoms with van der Waals surface area (Å²) >= 11 is 0. The molecule has 1 fully saturated rings. The van der Waals surface area contributed by atoms with Crippen LogP contribution < -0.4 is 19.5 Å². The summed E-state index contributed by atoms with van der Waals surface area (Å²) in [6.45, 7) is 3.94. The summed E-state index contributed by atoms with van der Waals surface area (Å²) in [5, 5.41) is 3.42. The summed E-state index contributed by atoms with van der Waals surface area (Å²) in [5.41, 5.74) is 2.34. The van der Waals surface area contributed by atoms with Gasteiger partial charge in [-0.3, -0.25) is 4.90 Å². The van der Waals surface area contributed by atoms with Gasteiger partial charge in [0.25, 0.3) is 0 Å². The van der Waals surface area contributed by atoms with Gasteiger partial charge in [-0.05, 0) is 11.6 Å². The molecule has 2 aromatic rings. The fraction of sp³-hybridized carbons (Fsp3) is 0.400. The van der Waals surface area contributed by atoms with Gasteiger partial charge < -0.3 is 19.5 Å². The van der Waals surface area contributed by atoms with Crippen LogP contribution in [0.25, 0.3) is 0 Å². The Balaban J connectivity index is 2.11. The van der Waals surface area contributed by atoms with E-state index >= 15 is 0 Å². The molecule has 134 valence electrons. The van der Waals surface area contributed by atoms with Crippen molar-refractivity contribution in [2.75, 3.05) is 47.5 Å². The van der Waals surface area contributed by atoms with Crippen LogP contribution >= 0.6 is 0 Å². The van der Waals surface area contributed by atoms with Crippen LogP contribution in [0.15, 0.2) is 42.5 Å². The van der Waals surface area contributed by atoms with Gasteiger partial charge in [0.1, 0.15) is 5.75 Å². The zero-order valence-electron chi connectivity index (χ0n) is 15.1. The topological polar surface area (TPSA) is 43.0 Å². The number of rotatable bonds is 6. The van der Waals surface area contributed by atoms with Crippen LogP contribution in [0, 0.1) is 0 Å². The first-order valence-electron chi connectivity index (χ1n) is 8.58. The highest BCUT2D eigenvalue weighted by molar-refractivity contribution is 5.53. The minimum atomic E-state index is 0.109. The summed E-state index contributed by atoms with van der Waals surface area (Å²) in [6, 6.07) is 14.6. The van der Waals surface area contributed by atoms with Crippen molar-refractivity contribution in [2.24, 2.45) is 0 Å². The van der Waals surface area contributed by atoms with Crippen LogP contribution in [-0.4, -0.2) is 52.4 Å². The molecular formula is C20H26N2O3.